The molecule has 0 rings (SSSR count). The summed E-state index contributed by atoms with van der Waals surface area (Å²) in [6.45, 7) is 0. The van der Waals surface area contributed by atoms with Gasteiger partial charge in [0.15, 0.2) is 0 Å². The molecule has 0 aromatic carbocycles. The van der Waals surface area contributed by atoms with E-state index in [9.17, 15) is 0 Å². The van der Waals surface area contributed by atoms with Crippen LogP contribution in [0.2, 0.25) is 0 Å². The van der Waals surface area contributed by atoms with E-state index in [1.807, 2.05) is 0 Å². The zero-order valence-corrected chi connectivity index (χ0v) is 6.48. The van der Waals surface area contributed by atoms with Crippen LogP contribution in [0.5, 0.6) is 0 Å². The minimum absolute atomic E-state index is 0. The number of hydrogen-bond acceptors (Lipinski definition) is 2. The molecule has 7 heteroatoms. The first-order valence-electron chi connectivity index (χ1n) is 1.23. The average molecular weight is 195 g/mol. The van der Waals surface area contributed by atoms with Crippen molar-refractivity contribution in [3.63, 3.8) is 0 Å². The Hall–Kier alpha value is -0.130. The van der Waals surface area contributed by atoms with E-state index < -0.39 is 10.9 Å². The average Bonchev–Trinajstić information content (AvgIpc) is 1.25. The van der Waals surface area contributed by atoms with E-state index in [0.717, 1.165) is 0 Å². The fraction of sp³-hybridized carbons (Fsp3) is 0. The van der Waals surface area contributed by atoms with Crippen LogP contribution in [0.15, 0.2) is 0 Å². The molecule has 0 bridgehead atoms. The first-order chi connectivity index (χ1) is 3.46. The summed E-state index contributed by atoms with van der Waals surface area (Å²) in [4.78, 5) is 17.5. The highest BCUT2D eigenvalue weighted by atomic mass is 35.5. The van der Waals surface area contributed by atoms with Crippen molar-refractivity contribution in [2.45, 2.75) is 0 Å². The SMILES string of the molecule is O=C(O)Cl.O=C(O)Cl.S. The quantitative estimate of drug-likeness (QED) is 0.579. The van der Waals surface area contributed by atoms with Gasteiger partial charge in [0.05, 0.1) is 0 Å². The highest BCUT2D eigenvalue weighted by Crippen LogP contribution is 1.68. The van der Waals surface area contributed by atoms with Gasteiger partial charge in [0.25, 0.3) is 0 Å². The molecule has 0 unspecified atom stereocenters. The molecule has 0 amide bonds. The van der Waals surface area contributed by atoms with Gasteiger partial charge in [0, 0.05) is 23.2 Å². The van der Waals surface area contributed by atoms with Crippen molar-refractivity contribution >= 4 is 47.6 Å². The van der Waals surface area contributed by atoms with Crippen LogP contribution < -0.4 is 0 Å². The predicted octanol–water partition coefficient (Wildman–Crippen LogP) is 1.92. The van der Waals surface area contributed by atoms with Crippen molar-refractivity contribution in [3.05, 3.63) is 0 Å². The van der Waals surface area contributed by atoms with Crippen LogP contribution in [0.1, 0.15) is 0 Å². The summed E-state index contributed by atoms with van der Waals surface area (Å²) in [5, 5.41) is 14.4. The molecule has 0 spiro atoms. The molecule has 9 heavy (non-hydrogen) atoms. The highest BCUT2D eigenvalue weighted by Gasteiger charge is 1.71. The Morgan fingerprint density at radius 3 is 1.00 bits per heavy atom. The van der Waals surface area contributed by atoms with Crippen molar-refractivity contribution in [1.29, 1.82) is 0 Å². The Morgan fingerprint density at radius 1 is 1.00 bits per heavy atom. The molecule has 4 nitrogen and oxygen atoms in total. The van der Waals surface area contributed by atoms with Gasteiger partial charge in [0.2, 0.25) is 0 Å². The molecule has 0 saturated carbocycles. The van der Waals surface area contributed by atoms with Gasteiger partial charge in [-0.05, 0) is 0 Å². The third-order valence-electron chi connectivity index (χ3n) is 0. The molecule has 0 saturated heterocycles. The zero-order valence-electron chi connectivity index (χ0n) is 3.97. The molecular formula is C2H4Cl2O4S. The van der Waals surface area contributed by atoms with E-state index in [2.05, 4.69) is 23.2 Å². The maximum atomic E-state index is 8.77. The highest BCUT2D eigenvalue weighted by molar-refractivity contribution is 7.59. The lowest BCUT2D eigenvalue weighted by Crippen LogP contribution is -1.66. The number of rotatable bonds is 0. The number of carboxylic acid groups (broad SMARTS) is 2. The van der Waals surface area contributed by atoms with E-state index in [0.29, 0.717) is 0 Å². The lowest BCUT2D eigenvalue weighted by molar-refractivity contribution is 0.219. The molecule has 0 radical (unpaired) electrons. The largest absolute Gasteiger partial charge is 0.469 e. The summed E-state index contributed by atoms with van der Waals surface area (Å²) in [5.74, 6) is 0. The first kappa shape index (κ1) is 15.9. The fourth-order valence-electron chi connectivity index (χ4n) is 0. The molecule has 0 atom stereocenters. The van der Waals surface area contributed by atoms with Crippen LogP contribution in [0.4, 0.5) is 9.59 Å². The summed E-state index contributed by atoms with van der Waals surface area (Å²) in [6.07, 6.45) is 0. The van der Waals surface area contributed by atoms with Gasteiger partial charge in [-0.25, -0.2) is 9.59 Å². The molecule has 2 N–H and O–H groups in total. The van der Waals surface area contributed by atoms with Crippen molar-refractivity contribution in [2.24, 2.45) is 0 Å². The van der Waals surface area contributed by atoms with Crippen molar-refractivity contribution in [1.82, 2.24) is 0 Å². The monoisotopic (exact) mass is 194 g/mol. The first-order valence-corrected chi connectivity index (χ1v) is 1.99. The van der Waals surface area contributed by atoms with Crippen LogP contribution in [0.25, 0.3) is 0 Å². The van der Waals surface area contributed by atoms with Gasteiger partial charge in [-0.3, -0.25) is 0 Å². The van der Waals surface area contributed by atoms with Gasteiger partial charge < -0.3 is 10.2 Å². The summed E-state index contributed by atoms with van der Waals surface area (Å²) < 4.78 is 0. The molecule has 0 aliphatic carbocycles. The second-order valence-electron chi connectivity index (χ2n) is 0.506. The second-order valence-corrected chi connectivity index (χ2v) is 1.15. The van der Waals surface area contributed by atoms with Crippen LogP contribution in [-0.2, 0) is 0 Å². The molecule has 0 heterocycles. The summed E-state index contributed by atoms with van der Waals surface area (Å²) in [7, 11) is 0. The van der Waals surface area contributed by atoms with Crippen LogP contribution in [0, 0.1) is 0 Å². The number of hydrogen-bond donors (Lipinski definition) is 2. The smallest absolute Gasteiger partial charge is 0.401 e. The van der Waals surface area contributed by atoms with Crippen molar-refractivity contribution < 1.29 is 19.8 Å². The van der Waals surface area contributed by atoms with Crippen molar-refractivity contribution in [3.8, 4) is 0 Å². The number of carbonyl (C=O) groups is 2. The Kier molecular flexibility index (Phi) is 19.1. The molecule has 0 aliphatic rings. The Balaban J connectivity index is -0.0000000720. The Labute approximate surface area is 67.8 Å². The van der Waals surface area contributed by atoms with Gasteiger partial charge in [-0.15, -0.1) is 0 Å². The minimum atomic E-state index is -1.36. The summed E-state index contributed by atoms with van der Waals surface area (Å²) in [6, 6.07) is 0. The van der Waals surface area contributed by atoms with E-state index in [1.54, 1.807) is 0 Å². The van der Waals surface area contributed by atoms with E-state index in [-0.39, 0.29) is 13.5 Å². The Morgan fingerprint density at radius 2 is 1.00 bits per heavy atom. The zero-order chi connectivity index (χ0) is 7.15. The van der Waals surface area contributed by atoms with E-state index >= 15 is 0 Å². The van der Waals surface area contributed by atoms with Gasteiger partial charge in [-0.2, -0.15) is 13.5 Å². The van der Waals surface area contributed by atoms with Crippen LogP contribution in [0.3, 0.4) is 0 Å². The topological polar surface area (TPSA) is 74.6 Å². The molecule has 0 aromatic rings. The third-order valence-corrected chi connectivity index (χ3v) is 0. The maximum absolute atomic E-state index is 8.77. The summed E-state index contributed by atoms with van der Waals surface area (Å²) in [5.41, 5.74) is -2.72. The minimum Gasteiger partial charge on any atom is -0.469 e. The third kappa shape index (κ3) is 16000. The Bertz CT molecular complexity index is 74.6. The molecule has 0 aromatic heterocycles. The fourth-order valence-corrected chi connectivity index (χ4v) is 0. The predicted molar refractivity (Wildman–Crippen MR) is 38.1 cm³/mol. The van der Waals surface area contributed by atoms with Crippen molar-refractivity contribution in [2.75, 3.05) is 0 Å². The van der Waals surface area contributed by atoms with Crippen LogP contribution in [-0.4, -0.2) is 21.1 Å². The molecule has 0 fully saturated rings. The second kappa shape index (κ2) is 10.8. The van der Waals surface area contributed by atoms with E-state index in [4.69, 9.17) is 19.8 Å². The standard InChI is InChI=1S/2CHClO2.H2S/c2*2-1(3)4;/h2*(H,3,4);1H2. The van der Waals surface area contributed by atoms with Crippen LogP contribution >= 0.6 is 36.7 Å². The van der Waals surface area contributed by atoms with E-state index in [1.165, 1.54) is 0 Å². The van der Waals surface area contributed by atoms with Gasteiger partial charge >= 0.3 is 10.9 Å². The normalized spacial score (nSPS) is 5.56. The molecular weight excluding hydrogens is 191 g/mol. The molecule has 0 aliphatic heterocycles. The molecule has 56 valence electrons. The lowest BCUT2D eigenvalue weighted by Gasteiger charge is -1.55. The number of halogens is 2. The summed E-state index contributed by atoms with van der Waals surface area (Å²) >= 11 is 8.38. The maximum Gasteiger partial charge on any atom is 0.401 e. The van der Waals surface area contributed by atoms with Gasteiger partial charge in [-0.1, -0.05) is 0 Å². The van der Waals surface area contributed by atoms with Gasteiger partial charge in [0.1, 0.15) is 0 Å². The lowest BCUT2D eigenvalue weighted by atomic mass is 11.6.